The quantitative estimate of drug-likeness (QED) is 0.648. The number of hydrogen-bond acceptors (Lipinski definition) is 2. The Balaban J connectivity index is 1.95. The molecular weight excluding hydrogens is 160 g/mol. The van der Waals surface area contributed by atoms with Crippen LogP contribution in [0.4, 0.5) is 0 Å². The van der Waals surface area contributed by atoms with E-state index in [1.54, 1.807) is 0 Å². The highest BCUT2D eigenvalue weighted by Gasteiger charge is 2.38. The van der Waals surface area contributed by atoms with Gasteiger partial charge in [0.1, 0.15) is 0 Å². The van der Waals surface area contributed by atoms with Gasteiger partial charge in [-0.15, -0.1) is 0 Å². The number of fused-ring (bicyclic) bond motifs is 2. The smallest absolute Gasteiger partial charge is 0.0635 e. The van der Waals surface area contributed by atoms with E-state index in [1.807, 2.05) is 0 Å². The largest absolute Gasteiger partial charge is 0.296 e. The van der Waals surface area contributed by atoms with Crippen LogP contribution in [0.15, 0.2) is 0 Å². The summed E-state index contributed by atoms with van der Waals surface area (Å²) in [6.07, 6.45) is 6.19. The maximum atomic E-state index is 8.57. The molecule has 2 rings (SSSR count). The summed E-state index contributed by atoms with van der Waals surface area (Å²) >= 11 is 0. The molecular formula is C11H18N2. The molecule has 2 unspecified atom stereocenters. The third-order valence-corrected chi connectivity index (χ3v) is 3.60. The maximum absolute atomic E-state index is 8.57. The molecule has 0 aromatic heterocycles. The Morgan fingerprint density at radius 1 is 1.31 bits per heavy atom. The van der Waals surface area contributed by atoms with Crippen molar-refractivity contribution < 1.29 is 0 Å². The van der Waals surface area contributed by atoms with Gasteiger partial charge in [-0.3, -0.25) is 4.90 Å². The molecule has 0 aromatic carbocycles. The van der Waals surface area contributed by atoms with E-state index >= 15 is 0 Å². The molecule has 0 spiro atoms. The van der Waals surface area contributed by atoms with Crippen molar-refractivity contribution in [3.63, 3.8) is 0 Å². The van der Waals surface area contributed by atoms with E-state index < -0.39 is 0 Å². The fourth-order valence-electron chi connectivity index (χ4n) is 3.09. The summed E-state index contributed by atoms with van der Waals surface area (Å²) in [6, 6.07) is 3.87. The Labute approximate surface area is 80.5 Å². The zero-order valence-electron chi connectivity index (χ0n) is 8.37. The van der Waals surface area contributed by atoms with Crippen molar-refractivity contribution in [2.75, 3.05) is 6.54 Å². The number of hydrogen-bond donors (Lipinski definition) is 0. The van der Waals surface area contributed by atoms with Crippen molar-refractivity contribution in [2.24, 2.45) is 5.92 Å². The van der Waals surface area contributed by atoms with Gasteiger partial charge in [-0.05, 0) is 31.6 Å². The fraction of sp³-hybridized carbons (Fsp3) is 0.909. The van der Waals surface area contributed by atoms with Crippen molar-refractivity contribution in [3.05, 3.63) is 0 Å². The van der Waals surface area contributed by atoms with Crippen molar-refractivity contribution in [2.45, 2.75) is 51.1 Å². The van der Waals surface area contributed by atoms with E-state index in [1.165, 1.54) is 25.7 Å². The minimum atomic E-state index is 0.710. The van der Waals surface area contributed by atoms with Crippen LogP contribution < -0.4 is 0 Å². The van der Waals surface area contributed by atoms with Crippen molar-refractivity contribution in [3.8, 4) is 6.07 Å². The molecule has 2 saturated heterocycles. The average Bonchev–Trinajstić information content (AvgIpc) is 2.33. The fourth-order valence-corrected chi connectivity index (χ4v) is 3.09. The minimum Gasteiger partial charge on any atom is -0.296 e. The molecule has 0 aromatic rings. The SMILES string of the molecule is CC1CC2CCC(C1)N2CCC#N. The van der Waals surface area contributed by atoms with Crippen LogP contribution in [0.1, 0.15) is 39.0 Å². The highest BCUT2D eigenvalue weighted by molar-refractivity contribution is 4.94. The predicted molar refractivity (Wildman–Crippen MR) is 52.1 cm³/mol. The van der Waals surface area contributed by atoms with E-state index in [0.29, 0.717) is 6.42 Å². The highest BCUT2D eigenvalue weighted by atomic mass is 15.2. The molecule has 2 aliphatic rings. The Kier molecular flexibility index (Phi) is 2.55. The first-order chi connectivity index (χ1) is 6.31. The highest BCUT2D eigenvalue weighted by Crippen LogP contribution is 2.38. The van der Waals surface area contributed by atoms with E-state index in [-0.39, 0.29) is 0 Å². The molecule has 2 bridgehead atoms. The zero-order chi connectivity index (χ0) is 9.26. The molecule has 2 heterocycles. The number of nitrogens with zero attached hydrogens (tertiary/aromatic N) is 2. The molecule has 0 amide bonds. The summed E-state index contributed by atoms with van der Waals surface area (Å²) in [5.41, 5.74) is 0. The molecule has 2 aliphatic heterocycles. The monoisotopic (exact) mass is 178 g/mol. The van der Waals surface area contributed by atoms with Gasteiger partial charge >= 0.3 is 0 Å². The maximum Gasteiger partial charge on any atom is 0.0635 e. The first kappa shape index (κ1) is 9.02. The number of nitriles is 1. The molecule has 2 nitrogen and oxygen atoms in total. The summed E-state index contributed by atoms with van der Waals surface area (Å²) in [4.78, 5) is 2.59. The van der Waals surface area contributed by atoms with E-state index in [0.717, 1.165) is 24.5 Å². The Bertz CT molecular complexity index is 205. The number of piperidine rings is 1. The van der Waals surface area contributed by atoms with Crippen LogP contribution in [-0.4, -0.2) is 23.5 Å². The Hall–Kier alpha value is -0.550. The summed E-state index contributed by atoms with van der Waals surface area (Å²) in [5.74, 6) is 0.913. The van der Waals surface area contributed by atoms with Gasteiger partial charge in [0.2, 0.25) is 0 Å². The van der Waals surface area contributed by atoms with Gasteiger partial charge in [0.05, 0.1) is 6.07 Å². The van der Waals surface area contributed by atoms with Gasteiger partial charge in [0.25, 0.3) is 0 Å². The van der Waals surface area contributed by atoms with E-state index in [2.05, 4.69) is 17.9 Å². The van der Waals surface area contributed by atoms with Crippen LogP contribution >= 0.6 is 0 Å². The van der Waals surface area contributed by atoms with Crippen molar-refractivity contribution in [1.29, 1.82) is 5.26 Å². The van der Waals surface area contributed by atoms with Crippen LogP contribution in [0, 0.1) is 17.2 Å². The van der Waals surface area contributed by atoms with E-state index in [4.69, 9.17) is 5.26 Å². The lowest BCUT2D eigenvalue weighted by molar-refractivity contribution is 0.113. The second-order valence-electron chi connectivity index (χ2n) is 4.61. The Morgan fingerprint density at radius 2 is 1.92 bits per heavy atom. The summed E-state index contributed by atoms with van der Waals surface area (Å²) in [7, 11) is 0. The summed E-state index contributed by atoms with van der Waals surface area (Å²) in [6.45, 7) is 3.38. The van der Waals surface area contributed by atoms with Crippen LogP contribution in [0.3, 0.4) is 0 Å². The van der Waals surface area contributed by atoms with Gasteiger partial charge in [0, 0.05) is 25.0 Å². The second kappa shape index (κ2) is 3.67. The van der Waals surface area contributed by atoms with Crippen molar-refractivity contribution >= 4 is 0 Å². The molecule has 0 radical (unpaired) electrons. The van der Waals surface area contributed by atoms with Gasteiger partial charge in [0.15, 0.2) is 0 Å². The van der Waals surface area contributed by atoms with Crippen LogP contribution in [0.25, 0.3) is 0 Å². The van der Waals surface area contributed by atoms with Crippen LogP contribution in [0.2, 0.25) is 0 Å². The minimum absolute atomic E-state index is 0.710. The average molecular weight is 178 g/mol. The second-order valence-corrected chi connectivity index (χ2v) is 4.61. The summed E-state index contributed by atoms with van der Waals surface area (Å²) in [5, 5.41) is 8.57. The third-order valence-electron chi connectivity index (χ3n) is 3.60. The van der Waals surface area contributed by atoms with Gasteiger partial charge in [-0.25, -0.2) is 0 Å². The van der Waals surface area contributed by atoms with Crippen LogP contribution in [-0.2, 0) is 0 Å². The standard InChI is InChI=1S/C11H18N2/c1-9-7-10-3-4-11(8-9)13(10)6-2-5-12/h9-11H,2-4,6-8H2,1H3. The first-order valence-electron chi connectivity index (χ1n) is 5.44. The molecule has 2 fully saturated rings. The molecule has 72 valence electrons. The van der Waals surface area contributed by atoms with Gasteiger partial charge < -0.3 is 0 Å². The van der Waals surface area contributed by atoms with Gasteiger partial charge in [-0.2, -0.15) is 5.26 Å². The lowest BCUT2D eigenvalue weighted by atomic mass is 9.92. The lowest BCUT2D eigenvalue weighted by Gasteiger charge is -2.37. The molecule has 2 atom stereocenters. The third kappa shape index (κ3) is 1.71. The van der Waals surface area contributed by atoms with Crippen LogP contribution in [0.5, 0.6) is 0 Å². The van der Waals surface area contributed by atoms with Gasteiger partial charge in [-0.1, -0.05) is 6.92 Å². The van der Waals surface area contributed by atoms with Crippen molar-refractivity contribution in [1.82, 2.24) is 4.90 Å². The molecule has 0 saturated carbocycles. The number of rotatable bonds is 2. The van der Waals surface area contributed by atoms with E-state index in [9.17, 15) is 0 Å². The Morgan fingerprint density at radius 3 is 2.46 bits per heavy atom. The molecule has 2 heteroatoms. The predicted octanol–water partition coefficient (Wildman–Crippen LogP) is 2.16. The lowest BCUT2D eigenvalue weighted by Crippen LogP contribution is -2.42. The molecule has 13 heavy (non-hydrogen) atoms. The topological polar surface area (TPSA) is 27.0 Å². The normalized spacial score (nSPS) is 38.9. The molecule has 0 N–H and O–H groups in total. The summed E-state index contributed by atoms with van der Waals surface area (Å²) < 4.78 is 0. The first-order valence-corrected chi connectivity index (χ1v) is 5.44. The molecule has 0 aliphatic carbocycles. The zero-order valence-corrected chi connectivity index (χ0v) is 8.37.